The first-order chi connectivity index (χ1) is 13.9. The fraction of sp³-hybridized carbons (Fsp3) is 0.381. The zero-order valence-corrected chi connectivity index (χ0v) is 18.0. The molecule has 0 spiro atoms. The molecule has 1 amide bonds. The van der Waals surface area contributed by atoms with Gasteiger partial charge in [-0.3, -0.25) is 9.10 Å². The molecule has 3 rings (SSSR count). The minimum atomic E-state index is -3.96. The molecule has 6 nitrogen and oxygen atoms in total. The fourth-order valence-corrected chi connectivity index (χ4v) is 4.82. The van der Waals surface area contributed by atoms with Crippen molar-refractivity contribution < 1.29 is 26.7 Å². The summed E-state index contributed by atoms with van der Waals surface area (Å²) in [5.74, 6) is -2.23. The predicted octanol–water partition coefficient (Wildman–Crippen LogP) is 3.54. The van der Waals surface area contributed by atoms with Crippen molar-refractivity contribution >= 4 is 21.6 Å². The summed E-state index contributed by atoms with van der Waals surface area (Å²) in [6.07, 6.45) is 1.39. The molecule has 1 aliphatic rings. The molecule has 0 radical (unpaired) electrons. The van der Waals surface area contributed by atoms with E-state index < -0.39 is 45.2 Å². The third-order valence-corrected chi connectivity index (χ3v) is 6.18. The van der Waals surface area contributed by atoms with Crippen LogP contribution >= 0.6 is 0 Å². The van der Waals surface area contributed by atoms with Crippen LogP contribution in [0.15, 0.2) is 42.5 Å². The summed E-state index contributed by atoms with van der Waals surface area (Å²) in [7, 11) is -3.96. The average molecular weight is 438 g/mol. The number of fused-ring (bicyclic) bond motifs is 1. The van der Waals surface area contributed by atoms with E-state index in [1.807, 2.05) is 38.1 Å². The Balaban J connectivity index is 1.90. The number of sulfonamides is 1. The molecule has 2 atom stereocenters. The van der Waals surface area contributed by atoms with Gasteiger partial charge >= 0.3 is 0 Å². The van der Waals surface area contributed by atoms with Crippen molar-refractivity contribution in [2.24, 2.45) is 0 Å². The second kappa shape index (κ2) is 7.86. The molecule has 0 aromatic heterocycles. The van der Waals surface area contributed by atoms with Crippen molar-refractivity contribution in [2.45, 2.75) is 44.9 Å². The lowest BCUT2D eigenvalue weighted by Crippen LogP contribution is -2.50. The van der Waals surface area contributed by atoms with Gasteiger partial charge in [0.05, 0.1) is 18.0 Å². The predicted molar refractivity (Wildman–Crippen MR) is 110 cm³/mol. The lowest BCUT2D eigenvalue weighted by molar-refractivity contribution is -0.123. The van der Waals surface area contributed by atoms with Crippen LogP contribution in [-0.2, 0) is 14.8 Å². The topological polar surface area (TPSA) is 75.7 Å². The molecule has 0 saturated heterocycles. The van der Waals surface area contributed by atoms with E-state index in [4.69, 9.17) is 4.74 Å². The van der Waals surface area contributed by atoms with E-state index in [2.05, 4.69) is 5.32 Å². The maximum atomic E-state index is 13.7. The normalized spacial score (nSPS) is 18.7. The van der Waals surface area contributed by atoms with E-state index >= 15 is 0 Å². The Hall–Kier alpha value is -2.68. The first-order valence-electron chi connectivity index (χ1n) is 9.42. The van der Waals surface area contributed by atoms with E-state index in [0.717, 1.165) is 34.3 Å². The highest BCUT2D eigenvalue weighted by Crippen LogP contribution is 2.39. The van der Waals surface area contributed by atoms with Gasteiger partial charge in [0.25, 0.3) is 0 Å². The zero-order chi connectivity index (χ0) is 22.3. The van der Waals surface area contributed by atoms with E-state index in [1.54, 1.807) is 0 Å². The number of nitrogens with one attached hydrogen (secondary N) is 1. The van der Waals surface area contributed by atoms with Crippen molar-refractivity contribution in [1.29, 1.82) is 0 Å². The Morgan fingerprint density at radius 2 is 1.87 bits per heavy atom. The number of ether oxygens (including phenoxy) is 1. The minimum absolute atomic E-state index is 0.133. The molecule has 0 fully saturated rings. The molecular formula is C21H24F2N2O4S. The van der Waals surface area contributed by atoms with Crippen molar-refractivity contribution in [1.82, 2.24) is 5.32 Å². The Labute approximate surface area is 174 Å². The molecule has 1 N–H and O–H groups in total. The number of hydrogen-bond donors (Lipinski definition) is 1. The quantitative estimate of drug-likeness (QED) is 0.775. The summed E-state index contributed by atoms with van der Waals surface area (Å²) in [6.45, 7) is 5.19. The molecular weight excluding hydrogens is 414 g/mol. The molecule has 2 aromatic carbocycles. The first kappa shape index (κ1) is 22.0. The molecule has 0 bridgehead atoms. The van der Waals surface area contributed by atoms with Crippen molar-refractivity contribution in [3.05, 3.63) is 59.7 Å². The highest BCUT2D eigenvalue weighted by atomic mass is 32.2. The van der Waals surface area contributed by atoms with Crippen LogP contribution in [0.2, 0.25) is 0 Å². The largest absolute Gasteiger partial charge is 0.487 e. The van der Waals surface area contributed by atoms with Gasteiger partial charge in [-0.15, -0.1) is 0 Å². The van der Waals surface area contributed by atoms with E-state index in [1.165, 1.54) is 6.92 Å². The van der Waals surface area contributed by atoms with Gasteiger partial charge in [-0.25, -0.2) is 17.2 Å². The second-order valence-corrected chi connectivity index (χ2v) is 9.86. The summed E-state index contributed by atoms with van der Waals surface area (Å²) in [6, 6.07) is 8.42. The van der Waals surface area contributed by atoms with Crippen LogP contribution in [0.1, 0.15) is 38.8 Å². The van der Waals surface area contributed by atoms with Crippen molar-refractivity contribution in [3.8, 4) is 5.75 Å². The van der Waals surface area contributed by atoms with Crippen LogP contribution in [0.4, 0.5) is 14.5 Å². The molecule has 0 unspecified atom stereocenters. The SMILES string of the molecule is C[C@@H](C(=O)N[C@@H]1CC(C)(C)Oc2ccccc21)N(c1ccc(F)c(F)c1)S(C)(=O)=O. The molecule has 2 aromatic rings. The van der Waals surface area contributed by atoms with Crippen molar-refractivity contribution in [3.63, 3.8) is 0 Å². The lowest BCUT2D eigenvalue weighted by Gasteiger charge is -2.38. The summed E-state index contributed by atoms with van der Waals surface area (Å²) in [5.41, 5.74) is 0.120. The average Bonchev–Trinajstić information content (AvgIpc) is 2.62. The number of halogens is 2. The van der Waals surface area contributed by atoms with Gasteiger partial charge in [0, 0.05) is 18.1 Å². The number of anilines is 1. The Kier molecular flexibility index (Phi) is 5.77. The third kappa shape index (κ3) is 4.56. The fourth-order valence-electron chi connectivity index (χ4n) is 3.65. The number of hydrogen-bond acceptors (Lipinski definition) is 4. The Morgan fingerprint density at radius 1 is 1.20 bits per heavy atom. The van der Waals surface area contributed by atoms with Gasteiger partial charge in [-0.2, -0.15) is 0 Å². The van der Waals surface area contributed by atoms with Gasteiger partial charge in [0.2, 0.25) is 15.9 Å². The zero-order valence-electron chi connectivity index (χ0n) is 17.1. The highest BCUT2D eigenvalue weighted by Gasteiger charge is 2.37. The number of para-hydroxylation sites is 1. The molecule has 1 aliphatic heterocycles. The third-order valence-electron chi connectivity index (χ3n) is 4.94. The maximum Gasteiger partial charge on any atom is 0.244 e. The van der Waals surface area contributed by atoms with Gasteiger partial charge in [0.1, 0.15) is 17.4 Å². The number of nitrogens with zero attached hydrogens (tertiary/aromatic N) is 1. The molecule has 0 aliphatic carbocycles. The summed E-state index contributed by atoms with van der Waals surface area (Å²) in [4.78, 5) is 13.0. The van der Waals surface area contributed by atoms with Gasteiger partial charge in [-0.05, 0) is 39.0 Å². The van der Waals surface area contributed by atoms with Crippen LogP contribution in [0.25, 0.3) is 0 Å². The first-order valence-corrected chi connectivity index (χ1v) is 11.3. The summed E-state index contributed by atoms with van der Waals surface area (Å²) >= 11 is 0. The lowest BCUT2D eigenvalue weighted by atomic mass is 9.89. The smallest absolute Gasteiger partial charge is 0.244 e. The van der Waals surface area contributed by atoms with Crippen LogP contribution in [0.5, 0.6) is 5.75 Å². The number of carbonyl (C=O) groups excluding carboxylic acids is 1. The van der Waals surface area contributed by atoms with Crippen LogP contribution in [0.3, 0.4) is 0 Å². The summed E-state index contributed by atoms with van der Waals surface area (Å²) < 4.78 is 58.5. The van der Waals surface area contributed by atoms with E-state index in [0.29, 0.717) is 12.2 Å². The molecule has 30 heavy (non-hydrogen) atoms. The standard InChI is InChI=1S/C21H24F2N2O4S/c1-13(25(30(4,27)28)14-9-10-16(22)17(23)11-14)20(26)24-18-12-21(2,3)29-19-8-6-5-7-15(18)19/h5-11,13,18H,12H2,1-4H3,(H,24,26)/t13-,18+/m0/s1. The van der Waals surface area contributed by atoms with Gasteiger partial charge < -0.3 is 10.1 Å². The number of amides is 1. The van der Waals surface area contributed by atoms with Crippen LogP contribution < -0.4 is 14.4 Å². The Morgan fingerprint density at radius 3 is 2.50 bits per heavy atom. The van der Waals surface area contributed by atoms with Gasteiger partial charge in [0.15, 0.2) is 11.6 Å². The summed E-state index contributed by atoms with van der Waals surface area (Å²) in [5, 5.41) is 2.89. The number of benzene rings is 2. The molecule has 162 valence electrons. The van der Waals surface area contributed by atoms with E-state index in [-0.39, 0.29) is 5.69 Å². The number of rotatable bonds is 5. The monoisotopic (exact) mass is 438 g/mol. The number of carbonyl (C=O) groups is 1. The molecule has 1 heterocycles. The van der Waals surface area contributed by atoms with Crippen LogP contribution in [-0.4, -0.2) is 32.2 Å². The van der Waals surface area contributed by atoms with E-state index in [9.17, 15) is 22.0 Å². The molecule has 9 heteroatoms. The minimum Gasteiger partial charge on any atom is -0.487 e. The molecule has 0 saturated carbocycles. The maximum absolute atomic E-state index is 13.7. The van der Waals surface area contributed by atoms with Crippen LogP contribution in [0, 0.1) is 11.6 Å². The Bertz CT molecular complexity index is 1070. The highest BCUT2D eigenvalue weighted by molar-refractivity contribution is 7.92. The second-order valence-electron chi connectivity index (χ2n) is 8.00. The van der Waals surface area contributed by atoms with Crippen molar-refractivity contribution in [2.75, 3.05) is 10.6 Å². The van der Waals surface area contributed by atoms with Gasteiger partial charge in [-0.1, -0.05) is 18.2 Å².